The van der Waals surface area contributed by atoms with E-state index in [-0.39, 0.29) is 6.61 Å². The maximum absolute atomic E-state index is 8.51. The van der Waals surface area contributed by atoms with E-state index in [9.17, 15) is 0 Å². The van der Waals surface area contributed by atoms with Crippen molar-refractivity contribution in [3.63, 3.8) is 0 Å². The molecule has 0 amide bonds. The summed E-state index contributed by atoms with van der Waals surface area (Å²) in [6.07, 6.45) is 3.42. The van der Waals surface area contributed by atoms with E-state index >= 15 is 0 Å². The molecule has 0 spiro atoms. The fraction of sp³-hybridized carbons (Fsp3) is 0.190. The van der Waals surface area contributed by atoms with Crippen LogP contribution in [0.25, 0.3) is 0 Å². The van der Waals surface area contributed by atoms with Crippen LogP contribution in [0.1, 0.15) is 6.92 Å². The molecule has 26 heavy (non-hydrogen) atoms. The minimum Gasteiger partial charge on any atom is -0.488 e. The standard InChI is InChI=1S/C15H15NO3.C6H10O/c1-12(16-17)11-18-13-7-9-15(10-8-13)19-14-5-3-2-4-6-14;1-3-5-7-6-4-2/h2-10,17H,11H2,1H3;3-4H,1-2,5-6H2. The van der Waals surface area contributed by atoms with Crippen molar-refractivity contribution >= 4 is 5.71 Å². The summed E-state index contributed by atoms with van der Waals surface area (Å²) in [4.78, 5) is 0. The summed E-state index contributed by atoms with van der Waals surface area (Å²) < 4.78 is 16.0. The zero-order valence-corrected chi connectivity index (χ0v) is 15.0. The van der Waals surface area contributed by atoms with E-state index in [1.54, 1.807) is 19.1 Å². The largest absolute Gasteiger partial charge is 0.488 e. The number of rotatable bonds is 9. The van der Waals surface area contributed by atoms with Gasteiger partial charge in [0.05, 0.1) is 18.9 Å². The van der Waals surface area contributed by atoms with Gasteiger partial charge in [-0.15, -0.1) is 13.2 Å². The van der Waals surface area contributed by atoms with Crippen LogP contribution in [0.5, 0.6) is 17.2 Å². The Kier molecular flexibility index (Phi) is 10.7. The lowest BCUT2D eigenvalue weighted by Gasteiger charge is -2.07. The summed E-state index contributed by atoms with van der Waals surface area (Å²) in [5.41, 5.74) is 0.518. The second kappa shape index (κ2) is 13.3. The molecular weight excluding hydrogens is 330 g/mol. The second-order valence-corrected chi connectivity index (χ2v) is 5.13. The van der Waals surface area contributed by atoms with Gasteiger partial charge in [0.25, 0.3) is 0 Å². The Labute approximate surface area is 154 Å². The van der Waals surface area contributed by atoms with Gasteiger partial charge in [0.1, 0.15) is 23.9 Å². The van der Waals surface area contributed by atoms with Crippen LogP contribution in [0.4, 0.5) is 0 Å². The smallest absolute Gasteiger partial charge is 0.129 e. The fourth-order valence-corrected chi connectivity index (χ4v) is 1.68. The molecule has 0 unspecified atom stereocenters. The van der Waals surface area contributed by atoms with Gasteiger partial charge < -0.3 is 19.4 Å². The van der Waals surface area contributed by atoms with Crippen molar-refractivity contribution < 1.29 is 19.4 Å². The van der Waals surface area contributed by atoms with Crippen molar-refractivity contribution in [1.82, 2.24) is 0 Å². The Morgan fingerprint density at radius 3 is 2.00 bits per heavy atom. The van der Waals surface area contributed by atoms with Crippen molar-refractivity contribution in [3.05, 3.63) is 79.9 Å². The highest BCUT2D eigenvalue weighted by Crippen LogP contribution is 2.23. The molecule has 0 atom stereocenters. The van der Waals surface area contributed by atoms with Crippen molar-refractivity contribution in [3.8, 4) is 17.2 Å². The van der Waals surface area contributed by atoms with E-state index in [1.807, 2.05) is 54.6 Å². The van der Waals surface area contributed by atoms with Crippen LogP contribution in [0.15, 0.2) is 85.1 Å². The summed E-state index contributed by atoms with van der Waals surface area (Å²) in [6.45, 7) is 10.1. The Hall–Kier alpha value is -3.05. The Bertz CT molecular complexity index is 658. The number of oxime groups is 1. The summed E-state index contributed by atoms with van der Waals surface area (Å²) in [5, 5.41) is 11.6. The molecule has 0 aliphatic rings. The molecule has 0 radical (unpaired) electrons. The molecule has 1 N–H and O–H groups in total. The van der Waals surface area contributed by atoms with E-state index in [0.717, 1.165) is 11.5 Å². The summed E-state index contributed by atoms with van der Waals surface area (Å²) >= 11 is 0. The topological polar surface area (TPSA) is 60.3 Å². The lowest BCUT2D eigenvalue weighted by molar-refractivity contribution is 0.194. The van der Waals surface area contributed by atoms with E-state index in [0.29, 0.717) is 24.7 Å². The number of para-hydroxylation sites is 1. The van der Waals surface area contributed by atoms with E-state index in [2.05, 4.69) is 18.3 Å². The van der Waals surface area contributed by atoms with Crippen LogP contribution < -0.4 is 9.47 Å². The molecule has 5 nitrogen and oxygen atoms in total. The van der Waals surface area contributed by atoms with Crippen molar-refractivity contribution in [2.24, 2.45) is 5.16 Å². The van der Waals surface area contributed by atoms with E-state index in [4.69, 9.17) is 19.4 Å². The molecule has 0 aromatic heterocycles. The minimum absolute atomic E-state index is 0.259. The fourth-order valence-electron chi connectivity index (χ4n) is 1.68. The lowest BCUT2D eigenvalue weighted by atomic mass is 10.3. The maximum Gasteiger partial charge on any atom is 0.129 e. The summed E-state index contributed by atoms with van der Waals surface area (Å²) in [5.74, 6) is 2.23. The SMILES string of the molecule is C=CCOCC=C.CC(COc1ccc(Oc2ccccc2)cc1)=NO. The quantitative estimate of drug-likeness (QED) is 0.224. The number of hydrogen-bond acceptors (Lipinski definition) is 5. The van der Waals surface area contributed by atoms with Gasteiger partial charge in [-0.2, -0.15) is 0 Å². The van der Waals surface area contributed by atoms with E-state index in [1.165, 1.54) is 0 Å². The van der Waals surface area contributed by atoms with Gasteiger partial charge in [-0.05, 0) is 43.3 Å². The first-order chi connectivity index (χ1) is 12.7. The highest BCUT2D eigenvalue weighted by molar-refractivity contribution is 5.82. The van der Waals surface area contributed by atoms with Crippen molar-refractivity contribution in [2.75, 3.05) is 19.8 Å². The molecule has 2 aromatic carbocycles. The number of nitrogens with zero attached hydrogens (tertiary/aromatic N) is 1. The van der Waals surface area contributed by atoms with Crippen LogP contribution >= 0.6 is 0 Å². The number of benzene rings is 2. The molecule has 0 aliphatic heterocycles. The zero-order valence-electron chi connectivity index (χ0n) is 15.0. The molecule has 5 heteroatoms. The molecule has 2 aromatic rings. The normalized spacial score (nSPS) is 10.3. The average molecular weight is 355 g/mol. The predicted molar refractivity (Wildman–Crippen MR) is 105 cm³/mol. The first kappa shape index (κ1) is 21.0. The first-order valence-electron chi connectivity index (χ1n) is 8.12. The lowest BCUT2D eigenvalue weighted by Crippen LogP contribution is -2.07. The van der Waals surface area contributed by atoms with E-state index < -0.39 is 0 Å². The minimum atomic E-state index is 0.259. The highest BCUT2D eigenvalue weighted by atomic mass is 16.5. The van der Waals surface area contributed by atoms with Gasteiger partial charge in [-0.25, -0.2) is 0 Å². The molecule has 138 valence electrons. The van der Waals surface area contributed by atoms with Crippen LogP contribution in [0.2, 0.25) is 0 Å². The third-order valence-corrected chi connectivity index (χ3v) is 2.89. The van der Waals surface area contributed by atoms with Gasteiger partial charge >= 0.3 is 0 Å². The van der Waals surface area contributed by atoms with Crippen molar-refractivity contribution in [2.45, 2.75) is 6.92 Å². The molecule has 0 saturated heterocycles. The zero-order chi connectivity index (χ0) is 19.0. The van der Waals surface area contributed by atoms with Crippen LogP contribution in [0.3, 0.4) is 0 Å². The van der Waals surface area contributed by atoms with Crippen LogP contribution in [0, 0.1) is 0 Å². The van der Waals surface area contributed by atoms with Gasteiger partial charge in [-0.3, -0.25) is 0 Å². The molecule has 2 rings (SSSR count). The monoisotopic (exact) mass is 355 g/mol. The molecule has 0 aliphatic carbocycles. The Balaban J connectivity index is 0.000000412. The Morgan fingerprint density at radius 1 is 0.923 bits per heavy atom. The number of hydrogen-bond donors (Lipinski definition) is 1. The average Bonchev–Trinajstić information content (AvgIpc) is 2.69. The summed E-state index contributed by atoms with van der Waals surface area (Å²) in [6, 6.07) is 16.8. The van der Waals surface area contributed by atoms with Gasteiger partial charge in [0.15, 0.2) is 0 Å². The first-order valence-corrected chi connectivity index (χ1v) is 8.12. The molecular formula is C21H25NO4. The predicted octanol–water partition coefficient (Wildman–Crippen LogP) is 5.08. The second-order valence-electron chi connectivity index (χ2n) is 5.13. The summed E-state index contributed by atoms with van der Waals surface area (Å²) in [7, 11) is 0. The number of ether oxygens (including phenoxy) is 3. The van der Waals surface area contributed by atoms with Gasteiger partial charge in [0.2, 0.25) is 0 Å². The molecule has 0 bridgehead atoms. The molecule has 0 fully saturated rings. The Morgan fingerprint density at radius 2 is 1.46 bits per heavy atom. The maximum atomic E-state index is 8.51. The molecule has 0 saturated carbocycles. The van der Waals surface area contributed by atoms with Crippen LogP contribution in [-0.2, 0) is 4.74 Å². The van der Waals surface area contributed by atoms with Crippen molar-refractivity contribution in [1.29, 1.82) is 0 Å². The third-order valence-electron chi connectivity index (χ3n) is 2.89. The molecule has 0 heterocycles. The van der Waals surface area contributed by atoms with Crippen LogP contribution in [-0.4, -0.2) is 30.7 Å². The third kappa shape index (κ3) is 9.30. The van der Waals surface area contributed by atoms with Gasteiger partial charge in [0, 0.05) is 0 Å². The van der Waals surface area contributed by atoms with Gasteiger partial charge in [-0.1, -0.05) is 35.5 Å². The highest BCUT2D eigenvalue weighted by Gasteiger charge is 1.99.